The molecule has 0 bridgehead atoms. The molecular weight excluding hydrogens is 340 g/mol. The summed E-state index contributed by atoms with van der Waals surface area (Å²) < 4.78 is 34.5. The van der Waals surface area contributed by atoms with Crippen molar-refractivity contribution in [2.24, 2.45) is 0 Å². The fourth-order valence-electron chi connectivity index (χ4n) is 3.31. The van der Waals surface area contributed by atoms with E-state index in [4.69, 9.17) is 4.42 Å². The van der Waals surface area contributed by atoms with Crippen molar-refractivity contribution >= 4 is 11.6 Å². The van der Waals surface area contributed by atoms with E-state index >= 15 is 0 Å². The number of rotatable bonds is 3. The van der Waals surface area contributed by atoms with Gasteiger partial charge in [0.1, 0.15) is 17.4 Å². The minimum Gasteiger partial charge on any atom is -0.455 e. The lowest BCUT2D eigenvalue weighted by atomic mass is 9.93. The van der Waals surface area contributed by atoms with E-state index in [1.807, 2.05) is 17.8 Å². The molecule has 0 spiro atoms. The topological polar surface area (TPSA) is 60.1 Å². The summed E-state index contributed by atoms with van der Waals surface area (Å²) in [5, 5.41) is 7.02. The summed E-state index contributed by atoms with van der Waals surface area (Å²) >= 11 is 0. The third kappa shape index (κ3) is 2.60. The van der Waals surface area contributed by atoms with Crippen LogP contribution < -0.4 is 5.32 Å². The van der Waals surface area contributed by atoms with Gasteiger partial charge in [0, 0.05) is 36.4 Å². The van der Waals surface area contributed by atoms with Crippen LogP contribution in [0.2, 0.25) is 0 Å². The molecule has 0 fully saturated rings. The first kappa shape index (κ1) is 16.5. The molecule has 0 saturated heterocycles. The van der Waals surface area contributed by atoms with Crippen LogP contribution in [0.5, 0.6) is 0 Å². The molecule has 1 amide bonds. The first-order valence-electron chi connectivity index (χ1n) is 8.43. The molecule has 2 aromatic heterocycles. The molecule has 1 N–H and O–H groups in total. The zero-order valence-electron chi connectivity index (χ0n) is 14.4. The van der Waals surface area contributed by atoms with E-state index in [0.29, 0.717) is 17.7 Å². The highest BCUT2D eigenvalue weighted by Gasteiger charge is 2.29. The number of aromatic nitrogens is 2. The van der Waals surface area contributed by atoms with Crippen LogP contribution in [0.15, 0.2) is 28.8 Å². The van der Waals surface area contributed by atoms with Crippen molar-refractivity contribution in [1.29, 1.82) is 0 Å². The standard InChI is InChI=1S/C19H17F2N3O2/c1-3-24-9-11-4-7-15-16(17(11)23-24)10(2)18(26-15)19(25)22-14-6-5-12(20)8-13(14)21/h5-6,8-9H,3-4,7H2,1-2H3,(H,22,25). The summed E-state index contributed by atoms with van der Waals surface area (Å²) in [4.78, 5) is 12.6. The molecule has 2 heterocycles. The van der Waals surface area contributed by atoms with Crippen LogP contribution in [0.25, 0.3) is 11.3 Å². The molecule has 1 aliphatic carbocycles. The monoisotopic (exact) mass is 357 g/mol. The second kappa shape index (κ2) is 6.09. The Morgan fingerprint density at radius 3 is 2.88 bits per heavy atom. The van der Waals surface area contributed by atoms with Gasteiger partial charge >= 0.3 is 0 Å². The van der Waals surface area contributed by atoms with E-state index in [1.165, 1.54) is 6.07 Å². The number of aryl methyl sites for hydroxylation is 3. The molecule has 0 atom stereocenters. The Morgan fingerprint density at radius 1 is 1.35 bits per heavy atom. The number of nitrogens with one attached hydrogen (secondary N) is 1. The van der Waals surface area contributed by atoms with E-state index in [9.17, 15) is 13.6 Å². The highest BCUT2D eigenvalue weighted by molar-refractivity contribution is 6.04. The molecule has 7 heteroatoms. The second-order valence-electron chi connectivity index (χ2n) is 6.29. The third-order valence-electron chi connectivity index (χ3n) is 4.62. The number of amides is 1. The van der Waals surface area contributed by atoms with Crippen LogP contribution in [0, 0.1) is 18.6 Å². The molecule has 3 aromatic rings. The molecule has 26 heavy (non-hydrogen) atoms. The summed E-state index contributed by atoms with van der Waals surface area (Å²) in [5.74, 6) is -1.28. The van der Waals surface area contributed by atoms with E-state index in [-0.39, 0.29) is 11.4 Å². The maximum Gasteiger partial charge on any atom is 0.291 e. The Kier molecular flexibility index (Phi) is 3.86. The fraction of sp³-hybridized carbons (Fsp3) is 0.263. The lowest BCUT2D eigenvalue weighted by Crippen LogP contribution is -2.13. The van der Waals surface area contributed by atoms with Crippen molar-refractivity contribution in [3.05, 3.63) is 58.7 Å². The summed E-state index contributed by atoms with van der Waals surface area (Å²) in [6.07, 6.45) is 3.48. The number of benzene rings is 1. The predicted molar refractivity (Wildman–Crippen MR) is 92.1 cm³/mol. The Bertz CT molecular complexity index is 1020. The molecule has 134 valence electrons. The van der Waals surface area contributed by atoms with Crippen LogP contribution in [-0.2, 0) is 19.4 Å². The minimum atomic E-state index is -0.837. The van der Waals surface area contributed by atoms with Gasteiger partial charge in [-0.1, -0.05) is 0 Å². The van der Waals surface area contributed by atoms with Gasteiger partial charge in [0.05, 0.1) is 11.4 Å². The fourth-order valence-corrected chi connectivity index (χ4v) is 3.31. The second-order valence-corrected chi connectivity index (χ2v) is 6.29. The Labute approximate surface area is 148 Å². The number of nitrogens with zero attached hydrogens (tertiary/aromatic N) is 2. The van der Waals surface area contributed by atoms with Gasteiger partial charge in [-0.2, -0.15) is 5.10 Å². The number of hydrogen-bond donors (Lipinski definition) is 1. The molecule has 0 radical (unpaired) electrons. The van der Waals surface area contributed by atoms with Crippen molar-refractivity contribution < 1.29 is 18.0 Å². The SMILES string of the molecule is CCn1cc2c(n1)-c1c(oc(C(=O)Nc3ccc(F)cc3F)c1C)CC2. The average Bonchev–Trinajstić information content (AvgIpc) is 3.18. The number of carbonyl (C=O) groups is 1. The van der Waals surface area contributed by atoms with Gasteiger partial charge < -0.3 is 9.73 Å². The van der Waals surface area contributed by atoms with E-state index in [1.54, 1.807) is 6.92 Å². The molecule has 5 nitrogen and oxygen atoms in total. The highest BCUT2D eigenvalue weighted by atomic mass is 19.1. The van der Waals surface area contributed by atoms with Gasteiger partial charge in [0.2, 0.25) is 0 Å². The van der Waals surface area contributed by atoms with Crippen molar-refractivity contribution in [3.63, 3.8) is 0 Å². The summed E-state index contributed by atoms with van der Waals surface area (Å²) in [7, 11) is 0. The van der Waals surface area contributed by atoms with Gasteiger partial charge in [0.15, 0.2) is 5.76 Å². The van der Waals surface area contributed by atoms with Gasteiger partial charge in [0.25, 0.3) is 5.91 Å². The smallest absolute Gasteiger partial charge is 0.291 e. The van der Waals surface area contributed by atoms with Crippen molar-refractivity contribution in [3.8, 4) is 11.3 Å². The van der Waals surface area contributed by atoms with Crippen LogP contribution in [0.3, 0.4) is 0 Å². The molecule has 1 aromatic carbocycles. The number of carbonyl (C=O) groups excluding carboxylic acids is 1. The van der Waals surface area contributed by atoms with Gasteiger partial charge in [-0.15, -0.1) is 0 Å². The normalized spacial score (nSPS) is 12.6. The van der Waals surface area contributed by atoms with Crippen molar-refractivity contribution in [2.75, 3.05) is 5.32 Å². The molecule has 0 unspecified atom stereocenters. The molecule has 0 saturated carbocycles. The predicted octanol–water partition coefficient (Wildman–Crippen LogP) is 4.10. The van der Waals surface area contributed by atoms with Crippen LogP contribution in [-0.4, -0.2) is 15.7 Å². The quantitative estimate of drug-likeness (QED) is 0.768. The lowest BCUT2D eigenvalue weighted by molar-refractivity contribution is 0.0993. The summed E-state index contributed by atoms with van der Waals surface area (Å²) in [6, 6.07) is 2.99. The molecule has 1 aliphatic rings. The van der Waals surface area contributed by atoms with Crippen LogP contribution in [0.4, 0.5) is 14.5 Å². The van der Waals surface area contributed by atoms with Crippen LogP contribution in [0.1, 0.15) is 34.4 Å². The van der Waals surface area contributed by atoms with E-state index in [2.05, 4.69) is 10.4 Å². The Hall–Kier alpha value is -2.96. The number of fused-ring (bicyclic) bond motifs is 3. The Morgan fingerprint density at radius 2 is 2.15 bits per heavy atom. The highest BCUT2D eigenvalue weighted by Crippen LogP contribution is 2.38. The van der Waals surface area contributed by atoms with Gasteiger partial charge in [-0.25, -0.2) is 8.78 Å². The Balaban J connectivity index is 1.70. The third-order valence-corrected chi connectivity index (χ3v) is 4.62. The number of furan rings is 1. The molecule has 0 aliphatic heterocycles. The number of anilines is 1. The average molecular weight is 357 g/mol. The van der Waals surface area contributed by atoms with E-state index in [0.717, 1.165) is 41.9 Å². The maximum absolute atomic E-state index is 13.8. The van der Waals surface area contributed by atoms with E-state index < -0.39 is 17.5 Å². The largest absolute Gasteiger partial charge is 0.455 e. The zero-order valence-corrected chi connectivity index (χ0v) is 14.4. The van der Waals surface area contributed by atoms with Gasteiger partial charge in [-0.05, 0) is 38.0 Å². The minimum absolute atomic E-state index is 0.0962. The summed E-state index contributed by atoms with van der Waals surface area (Å²) in [5.41, 5.74) is 3.37. The van der Waals surface area contributed by atoms with Crippen LogP contribution >= 0.6 is 0 Å². The number of halogens is 2. The molecular formula is C19H17F2N3O2. The van der Waals surface area contributed by atoms with Gasteiger partial charge in [-0.3, -0.25) is 9.48 Å². The first-order valence-corrected chi connectivity index (χ1v) is 8.43. The first-order chi connectivity index (χ1) is 12.5. The summed E-state index contributed by atoms with van der Waals surface area (Å²) in [6.45, 7) is 4.56. The molecule has 4 rings (SSSR count). The lowest BCUT2D eigenvalue weighted by Gasteiger charge is -2.09. The van der Waals surface area contributed by atoms with Crippen molar-refractivity contribution in [2.45, 2.75) is 33.2 Å². The van der Waals surface area contributed by atoms with Crippen molar-refractivity contribution in [1.82, 2.24) is 9.78 Å². The number of hydrogen-bond acceptors (Lipinski definition) is 3. The maximum atomic E-state index is 13.8. The zero-order chi connectivity index (χ0) is 18.4.